The van der Waals surface area contributed by atoms with Crippen molar-refractivity contribution in [1.82, 2.24) is 15.0 Å². The lowest BCUT2D eigenvalue weighted by atomic mass is 10.1. The number of aromatic amines is 1. The van der Waals surface area contributed by atoms with Crippen molar-refractivity contribution in [3.05, 3.63) is 58.9 Å². The Morgan fingerprint density at radius 2 is 2.06 bits per heavy atom. The summed E-state index contributed by atoms with van der Waals surface area (Å²) in [7, 11) is 0. The number of hydrogen-bond donors (Lipinski definition) is 1. The second kappa shape index (κ2) is 4.03. The van der Waals surface area contributed by atoms with Crippen LogP contribution in [0.4, 0.5) is 4.39 Å². The molecule has 18 heavy (non-hydrogen) atoms. The van der Waals surface area contributed by atoms with E-state index in [1.165, 1.54) is 12.1 Å². The first-order valence-electron chi connectivity index (χ1n) is 5.35. The third-order valence-electron chi connectivity index (χ3n) is 2.60. The minimum Gasteiger partial charge on any atom is -0.305 e. The second-order valence-corrected chi connectivity index (χ2v) is 3.80. The molecular weight excluding hydrogens is 233 g/mol. The van der Waals surface area contributed by atoms with Gasteiger partial charge in [0.25, 0.3) is 0 Å². The predicted octanol–water partition coefficient (Wildman–Crippen LogP) is 2.12. The van der Waals surface area contributed by atoms with Gasteiger partial charge in [0.2, 0.25) is 0 Å². The van der Waals surface area contributed by atoms with Crippen LogP contribution in [-0.2, 0) is 0 Å². The fourth-order valence-electron chi connectivity index (χ4n) is 1.83. The maximum atomic E-state index is 13.1. The highest BCUT2D eigenvalue weighted by atomic mass is 19.1. The van der Waals surface area contributed by atoms with Gasteiger partial charge in [-0.2, -0.15) is 4.98 Å². The van der Waals surface area contributed by atoms with Crippen molar-refractivity contribution in [2.24, 2.45) is 0 Å². The summed E-state index contributed by atoms with van der Waals surface area (Å²) in [6.07, 6.45) is 1.62. The van der Waals surface area contributed by atoms with Crippen molar-refractivity contribution >= 4 is 10.9 Å². The van der Waals surface area contributed by atoms with E-state index in [0.29, 0.717) is 22.3 Å². The van der Waals surface area contributed by atoms with Gasteiger partial charge >= 0.3 is 5.69 Å². The lowest BCUT2D eigenvalue weighted by Crippen LogP contribution is -2.11. The van der Waals surface area contributed by atoms with Crippen molar-refractivity contribution in [3.8, 4) is 11.4 Å². The third kappa shape index (κ3) is 1.75. The van der Waals surface area contributed by atoms with E-state index < -0.39 is 11.5 Å². The lowest BCUT2D eigenvalue weighted by Gasteiger charge is -2.04. The zero-order valence-corrected chi connectivity index (χ0v) is 9.22. The van der Waals surface area contributed by atoms with Gasteiger partial charge in [-0.1, -0.05) is 6.07 Å². The molecule has 0 fully saturated rings. The molecule has 1 aromatic carbocycles. The summed E-state index contributed by atoms with van der Waals surface area (Å²) in [5.74, 6) is -0.406. The Bertz CT molecular complexity index is 768. The van der Waals surface area contributed by atoms with E-state index in [9.17, 15) is 9.18 Å². The molecular formula is C13H8FN3O. The molecule has 0 saturated carbocycles. The topological polar surface area (TPSA) is 58.6 Å². The molecule has 3 aromatic rings. The first kappa shape index (κ1) is 10.6. The Morgan fingerprint density at radius 1 is 1.17 bits per heavy atom. The average molecular weight is 241 g/mol. The molecule has 0 radical (unpaired) electrons. The van der Waals surface area contributed by atoms with Gasteiger partial charge < -0.3 is 4.98 Å². The molecule has 0 aliphatic carbocycles. The summed E-state index contributed by atoms with van der Waals surface area (Å²) in [5, 5.41) is 0.662. The number of fused-ring (bicyclic) bond motifs is 1. The van der Waals surface area contributed by atoms with Gasteiger partial charge in [-0.3, -0.25) is 4.98 Å². The highest BCUT2D eigenvalue weighted by Crippen LogP contribution is 2.22. The Balaban J connectivity index is 2.39. The van der Waals surface area contributed by atoms with Crippen LogP contribution < -0.4 is 5.69 Å². The average Bonchev–Trinajstić information content (AvgIpc) is 2.38. The summed E-state index contributed by atoms with van der Waals surface area (Å²) in [5.41, 5.74) is 0.930. The van der Waals surface area contributed by atoms with Crippen LogP contribution in [0.15, 0.2) is 47.4 Å². The van der Waals surface area contributed by atoms with Crippen molar-refractivity contribution in [3.63, 3.8) is 0 Å². The monoisotopic (exact) mass is 241 g/mol. The molecule has 0 unspecified atom stereocenters. The van der Waals surface area contributed by atoms with E-state index in [0.717, 1.165) is 0 Å². The van der Waals surface area contributed by atoms with E-state index in [1.807, 2.05) is 0 Å². The van der Waals surface area contributed by atoms with Crippen LogP contribution in [0.2, 0.25) is 0 Å². The van der Waals surface area contributed by atoms with Gasteiger partial charge in [-0.05, 0) is 30.3 Å². The molecule has 0 spiro atoms. The molecule has 0 aliphatic rings. The maximum Gasteiger partial charge on any atom is 0.346 e. The lowest BCUT2D eigenvalue weighted by molar-refractivity contribution is 0.629. The highest BCUT2D eigenvalue weighted by Gasteiger charge is 2.08. The van der Waals surface area contributed by atoms with Crippen LogP contribution in [-0.4, -0.2) is 15.0 Å². The second-order valence-electron chi connectivity index (χ2n) is 3.80. The molecule has 0 bridgehead atoms. The maximum absolute atomic E-state index is 13.1. The number of rotatable bonds is 1. The number of halogens is 1. The minimum atomic E-state index is -0.520. The van der Waals surface area contributed by atoms with Gasteiger partial charge in [-0.15, -0.1) is 0 Å². The molecule has 0 saturated heterocycles. The highest BCUT2D eigenvalue weighted by molar-refractivity contribution is 5.90. The minimum absolute atomic E-state index is 0.406. The Morgan fingerprint density at radius 3 is 2.83 bits per heavy atom. The summed E-state index contributed by atoms with van der Waals surface area (Å²) >= 11 is 0. The van der Waals surface area contributed by atoms with Crippen LogP contribution in [0.5, 0.6) is 0 Å². The van der Waals surface area contributed by atoms with Gasteiger partial charge in [0.15, 0.2) is 0 Å². The zero-order chi connectivity index (χ0) is 12.5. The first-order chi connectivity index (χ1) is 8.74. The van der Waals surface area contributed by atoms with E-state index in [-0.39, 0.29) is 0 Å². The van der Waals surface area contributed by atoms with E-state index >= 15 is 0 Å². The molecule has 1 N–H and O–H groups in total. The number of nitrogens with zero attached hydrogens (tertiary/aromatic N) is 2. The summed E-state index contributed by atoms with van der Waals surface area (Å²) in [6, 6.07) is 9.51. The molecule has 0 amide bonds. The summed E-state index contributed by atoms with van der Waals surface area (Å²) in [4.78, 5) is 22.0. The largest absolute Gasteiger partial charge is 0.346 e. The number of benzene rings is 1. The van der Waals surface area contributed by atoms with Crippen molar-refractivity contribution in [1.29, 1.82) is 0 Å². The van der Waals surface area contributed by atoms with Crippen LogP contribution >= 0.6 is 0 Å². The smallest absolute Gasteiger partial charge is 0.305 e. The molecule has 4 nitrogen and oxygen atoms in total. The number of aromatic nitrogens is 3. The molecule has 0 aliphatic heterocycles. The van der Waals surface area contributed by atoms with Crippen LogP contribution in [0.3, 0.4) is 0 Å². The van der Waals surface area contributed by atoms with Crippen LogP contribution in [0.25, 0.3) is 22.3 Å². The van der Waals surface area contributed by atoms with Gasteiger partial charge in [-0.25, -0.2) is 9.18 Å². The quantitative estimate of drug-likeness (QED) is 0.710. The number of nitrogens with one attached hydrogen (secondary N) is 1. The predicted molar refractivity (Wildman–Crippen MR) is 65.6 cm³/mol. The molecule has 88 valence electrons. The first-order valence-corrected chi connectivity index (χ1v) is 5.35. The fraction of sp³-hybridized carbons (Fsp3) is 0. The van der Waals surface area contributed by atoms with Gasteiger partial charge in [0.1, 0.15) is 11.5 Å². The number of hydrogen-bond acceptors (Lipinski definition) is 3. The SMILES string of the molecule is O=c1nc(-c2ccccn2)c2ccc(F)cc2[nH]1. The zero-order valence-electron chi connectivity index (χ0n) is 9.22. The van der Waals surface area contributed by atoms with Crippen molar-refractivity contribution in [2.45, 2.75) is 0 Å². The fourth-order valence-corrected chi connectivity index (χ4v) is 1.83. The molecule has 3 rings (SSSR count). The van der Waals surface area contributed by atoms with Gasteiger partial charge in [0, 0.05) is 11.6 Å². The Kier molecular flexibility index (Phi) is 2.37. The third-order valence-corrected chi connectivity index (χ3v) is 2.60. The van der Waals surface area contributed by atoms with E-state index in [4.69, 9.17) is 0 Å². The molecule has 2 aromatic heterocycles. The van der Waals surface area contributed by atoms with Gasteiger partial charge in [0.05, 0.1) is 11.2 Å². The van der Waals surface area contributed by atoms with E-state index in [2.05, 4.69) is 15.0 Å². The normalized spacial score (nSPS) is 10.7. The van der Waals surface area contributed by atoms with Crippen molar-refractivity contribution < 1.29 is 4.39 Å². The number of H-pyrrole nitrogens is 1. The van der Waals surface area contributed by atoms with Crippen molar-refractivity contribution in [2.75, 3.05) is 0 Å². The standard InChI is InChI=1S/C13H8FN3O/c14-8-4-5-9-11(7-8)16-13(18)17-12(9)10-3-1-2-6-15-10/h1-7H,(H,16,17,18). The summed E-state index contributed by atoms with van der Waals surface area (Å²) in [6.45, 7) is 0. The molecule has 0 atom stereocenters. The van der Waals surface area contributed by atoms with E-state index in [1.54, 1.807) is 30.5 Å². The van der Waals surface area contributed by atoms with Crippen LogP contribution in [0.1, 0.15) is 0 Å². The molecule has 2 heterocycles. The Hall–Kier alpha value is -2.56. The molecule has 5 heteroatoms. The van der Waals surface area contributed by atoms with Crippen LogP contribution in [0, 0.1) is 5.82 Å². The Labute approximate surface area is 101 Å². The summed E-state index contributed by atoms with van der Waals surface area (Å²) < 4.78 is 13.1. The number of pyridine rings is 1.